The van der Waals surface area contributed by atoms with E-state index in [1.165, 1.54) is 0 Å². The first-order valence-electron chi connectivity index (χ1n) is 7.32. The third kappa shape index (κ3) is 5.78. The van der Waals surface area contributed by atoms with Crippen molar-refractivity contribution in [1.29, 1.82) is 0 Å². The predicted molar refractivity (Wildman–Crippen MR) is 84.1 cm³/mol. The molecule has 0 aliphatic heterocycles. The fourth-order valence-corrected chi connectivity index (χ4v) is 2.10. The van der Waals surface area contributed by atoms with Crippen LogP contribution in [0.5, 0.6) is 0 Å². The molecule has 0 atom stereocenters. The number of ether oxygens (including phenoxy) is 1. The Kier molecular flexibility index (Phi) is 4.76. The van der Waals surface area contributed by atoms with Crippen LogP contribution in [0, 0.1) is 5.41 Å². The van der Waals surface area contributed by atoms with E-state index in [0.29, 0.717) is 0 Å². The summed E-state index contributed by atoms with van der Waals surface area (Å²) in [5, 5.41) is 2.92. The summed E-state index contributed by atoms with van der Waals surface area (Å²) in [6, 6.07) is 0. The SMILES string of the molecule is CC(C)(C)Cn1cncc1C(C)(C)NC(=O)OC(C)(C)C. The third-order valence-corrected chi connectivity index (χ3v) is 2.81. The van der Waals surface area contributed by atoms with Gasteiger partial charge in [0.2, 0.25) is 0 Å². The van der Waals surface area contributed by atoms with E-state index in [2.05, 4.69) is 35.6 Å². The van der Waals surface area contributed by atoms with Crippen LogP contribution in [0.4, 0.5) is 4.79 Å². The van der Waals surface area contributed by atoms with E-state index in [1.807, 2.05) is 34.6 Å². The van der Waals surface area contributed by atoms with E-state index in [0.717, 1.165) is 12.2 Å². The summed E-state index contributed by atoms with van der Waals surface area (Å²) in [6.07, 6.45) is 3.18. The van der Waals surface area contributed by atoms with Gasteiger partial charge in [0.15, 0.2) is 0 Å². The number of amides is 1. The van der Waals surface area contributed by atoms with Gasteiger partial charge in [0.25, 0.3) is 0 Å². The number of imidazole rings is 1. The third-order valence-electron chi connectivity index (χ3n) is 2.81. The molecule has 1 rings (SSSR count). The van der Waals surface area contributed by atoms with Crippen molar-refractivity contribution in [2.24, 2.45) is 5.41 Å². The van der Waals surface area contributed by atoms with E-state index in [1.54, 1.807) is 12.5 Å². The van der Waals surface area contributed by atoms with Gasteiger partial charge in [-0.15, -0.1) is 0 Å². The maximum absolute atomic E-state index is 12.0. The summed E-state index contributed by atoms with van der Waals surface area (Å²) in [4.78, 5) is 16.2. The van der Waals surface area contributed by atoms with Gasteiger partial charge >= 0.3 is 6.09 Å². The summed E-state index contributed by atoms with van der Waals surface area (Å²) < 4.78 is 7.41. The van der Waals surface area contributed by atoms with Gasteiger partial charge in [-0.2, -0.15) is 0 Å². The van der Waals surface area contributed by atoms with Crippen LogP contribution in [0.2, 0.25) is 0 Å². The zero-order chi connectivity index (χ0) is 16.5. The highest BCUT2D eigenvalue weighted by Gasteiger charge is 2.29. The molecular formula is C16H29N3O2. The fraction of sp³-hybridized carbons (Fsp3) is 0.750. The van der Waals surface area contributed by atoms with Crippen molar-refractivity contribution >= 4 is 6.09 Å². The summed E-state index contributed by atoms with van der Waals surface area (Å²) >= 11 is 0. The minimum absolute atomic E-state index is 0.136. The number of hydrogen-bond acceptors (Lipinski definition) is 3. The number of carbonyl (C=O) groups is 1. The monoisotopic (exact) mass is 295 g/mol. The number of alkyl carbamates (subject to hydrolysis) is 1. The molecule has 21 heavy (non-hydrogen) atoms. The molecule has 1 N–H and O–H groups in total. The standard InChI is InChI=1S/C16H29N3O2/c1-14(2,3)10-19-11-17-9-12(19)16(7,8)18-13(20)21-15(4,5)6/h9,11H,10H2,1-8H3,(H,18,20). The molecule has 5 nitrogen and oxygen atoms in total. The van der Waals surface area contributed by atoms with E-state index in [-0.39, 0.29) is 5.41 Å². The summed E-state index contributed by atoms with van der Waals surface area (Å²) in [7, 11) is 0. The van der Waals surface area contributed by atoms with E-state index in [4.69, 9.17) is 4.74 Å². The first kappa shape index (κ1) is 17.5. The van der Waals surface area contributed by atoms with Crippen LogP contribution < -0.4 is 5.32 Å². The molecule has 1 aromatic heterocycles. The number of nitrogens with zero attached hydrogens (tertiary/aromatic N) is 2. The van der Waals surface area contributed by atoms with Crippen molar-refractivity contribution in [3.8, 4) is 0 Å². The fourth-order valence-electron chi connectivity index (χ4n) is 2.10. The summed E-state index contributed by atoms with van der Waals surface area (Å²) in [5.74, 6) is 0. The molecule has 1 amide bonds. The Morgan fingerprint density at radius 2 is 1.76 bits per heavy atom. The van der Waals surface area contributed by atoms with Crippen molar-refractivity contribution in [3.05, 3.63) is 18.2 Å². The van der Waals surface area contributed by atoms with Gasteiger partial charge in [-0.1, -0.05) is 20.8 Å². The maximum atomic E-state index is 12.0. The number of nitrogens with one attached hydrogen (secondary N) is 1. The first-order chi connectivity index (χ1) is 9.30. The highest BCUT2D eigenvalue weighted by Crippen LogP contribution is 2.24. The van der Waals surface area contributed by atoms with Gasteiger partial charge in [-0.25, -0.2) is 9.78 Å². The lowest BCUT2D eigenvalue weighted by molar-refractivity contribution is 0.0466. The Labute approximate surface area is 128 Å². The molecule has 5 heteroatoms. The second-order valence-corrected chi connectivity index (χ2v) is 8.22. The lowest BCUT2D eigenvalue weighted by Gasteiger charge is -2.31. The van der Waals surface area contributed by atoms with Crippen LogP contribution in [-0.4, -0.2) is 21.2 Å². The molecule has 0 saturated heterocycles. The Morgan fingerprint density at radius 1 is 1.19 bits per heavy atom. The summed E-state index contributed by atoms with van der Waals surface area (Å²) in [6.45, 7) is 16.8. The molecule has 0 aliphatic carbocycles. The van der Waals surface area contributed by atoms with Crippen molar-refractivity contribution < 1.29 is 9.53 Å². The van der Waals surface area contributed by atoms with Gasteiger partial charge in [0.1, 0.15) is 5.60 Å². The maximum Gasteiger partial charge on any atom is 0.408 e. The predicted octanol–water partition coefficient (Wildman–Crippen LogP) is 3.69. The van der Waals surface area contributed by atoms with Gasteiger partial charge < -0.3 is 14.6 Å². The zero-order valence-electron chi connectivity index (χ0n) is 14.6. The number of aromatic nitrogens is 2. The van der Waals surface area contributed by atoms with Crippen molar-refractivity contribution in [2.45, 2.75) is 73.1 Å². The molecule has 0 fully saturated rings. The van der Waals surface area contributed by atoms with E-state index < -0.39 is 17.2 Å². The van der Waals surface area contributed by atoms with Gasteiger partial charge in [-0.05, 0) is 40.0 Å². The van der Waals surface area contributed by atoms with Crippen LogP contribution in [0.15, 0.2) is 12.5 Å². The number of carbonyl (C=O) groups excluding carboxylic acids is 1. The van der Waals surface area contributed by atoms with Crippen LogP contribution >= 0.6 is 0 Å². The lowest BCUT2D eigenvalue weighted by atomic mass is 9.95. The summed E-state index contributed by atoms with van der Waals surface area (Å²) in [5.41, 5.74) is 0.0381. The second-order valence-electron chi connectivity index (χ2n) is 8.22. The Hall–Kier alpha value is -1.52. The Balaban J connectivity index is 2.88. The topological polar surface area (TPSA) is 56.2 Å². The van der Waals surface area contributed by atoms with Crippen LogP contribution in [0.1, 0.15) is 61.1 Å². The molecule has 1 heterocycles. The van der Waals surface area contributed by atoms with Crippen LogP contribution in [0.3, 0.4) is 0 Å². The van der Waals surface area contributed by atoms with Crippen molar-refractivity contribution in [1.82, 2.24) is 14.9 Å². The smallest absolute Gasteiger partial charge is 0.408 e. The second kappa shape index (κ2) is 5.70. The minimum atomic E-state index is -0.552. The molecule has 120 valence electrons. The first-order valence-corrected chi connectivity index (χ1v) is 7.32. The largest absolute Gasteiger partial charge is 0.444 e. The molecule has 0 saturated carbocycles. The van der Waals surface area contributed by atoms with Crippen molar-refractivity contribution in [2.75, 3.05) is 0 Å². The Morgan fingerprint density at radius 3 is 2.24 bits per heavy atom. The zero-order valence-corrected chi connectivity index (χ0v) is 14.6. The van der Waals surface area contributed by atoms with E-state index in [9.17, 15) is 4.79 Å². The molecule has 0 bridgehead atoms. The van der Waals surface area contributed by atoms with Gasteiger partial charge in [0, 0.05) is 6.54 Å². The van der Waals surface area contributed by atoms with E-state index >= 15 is 0 Å². The highest BCUT2D eigenvalue weighted by atomic mass is 16.6. The molecule has 1 aromatic rings. The number of hydrogen-bond donors (Lipinski definition) is 1. The van der Waals surface area contributed by atoms with Gasteiger partial charge in [-0.3, -0.25) is 0 Å². The number of rotatable bonds is 3. The lowest BCUT2D eigenvalue weighted by Crippen LogP contribution is -2.45. The quantitative estimate of drug-likeness (QED) is 0.925. The molecule has 0 aromatic carbocycles. The molecular weight excluding hydrogens is 266 g/mol. The average Bonchev–Trinajstić information content (AvgIpc) is 2.58. The molecule has 0 radical (unpaired) electrons. The van der Waals surface area contributed by atoms with Crippen LogP contribution in [-0.2, 0) is 16.8 Å². The highest BCUT2D eigenvalue weighted by molar-refractivity contribution is 5.68. The Bertz CT molecular complexity index is 490. The van der Waals surface area contributed by atoms with Crippen LogP contribution in [0.25, 0.3) is 0 Å². The minimum Gasteiger partial charge on any atom is -0.444 e. The van der Waals surface area contributed by atoms with Crippen molar-refractivity contribution in [3.63, 3.8) is 0 Å². The normalized spacial score (nSPS) is 13.1. The molecule has 0 spiro atoms. The average molecular weight is 295 g/mol. The van der Waals surface area contributed by atoms with Gasteiger partial charge in [0.05, 0.1) is 23.8 Å². The molecule has 0 unspecified atom stereocenters. The molecule has 0 aliphatic rings.